The third-order valence-corrected chi connectivity index (χ3v) is 3.97. The summed E-state index contributed by atoms with van der Waals surface area (Å²) in [4.78, 5) is 13.7. The zero-order chi connectivity index (χ0) is 12.6. The zero-order valence-corrected chi connectivity index (χ0v) is 10.9. The van der Waals surface area contributed by atoms with E-state index < -0.39 is 0 Å². The molecule has 1 aromatic heterocycles. The molecule has 1 aliphatic rings. The van der Waals surface area contributed by atoms with Gasteiger partial charge in [-0.2, -0.15) is 0 Å². The molecule has 0 unspecified atom stereocenters. The van der Waals surface area contributed by atoms with Crippen molar-refractivity contribution in [1.82, 2.24) is 9.47 Å². The van der Waals surface area contributed by atoms with Gasteiger partial charge in [0.15, 0.2) is 0 Å². The summed E-state index contributed by atoms with van der Waals surface area (Å²) in [5.74, 6) is 0.236. The van der Waals surface area contributed by atoms with Gasteiger partial charge in [-0.3, -0.25) is 4.79 Å². The van der Waals surface area contributed by atoms with Gasteiger partial charge in [0.1, 0.15) is 0 Å². The van der Waals surface area contributed by atoms with Crippen molar-refractivity contribution >= 4 is 5.91 Å². The Labute approximate surface area is 102 Å². The number of carbonyl (C=O) groups excluding carboxylic acids is 1. The van der Waals surface area contributed by atoms with Gasteiger partial charge in [-0.05, 0) is 46.0 Å². The van der Waals surface area contributed by atoms with Crippen molar-refractivity contribution in [1.29, 1.82) is 0 Å². The summed E-state index contributed by atoms with van der Waals surface area (Å²) in [5, 5.41) is 0. The van der Waals surface area contributed by atoms with E-state index >= 15 is 0 Å². The van der Waals surface area contributed by atoms with Gasteiger partial charge in [-0.25, -0.2) is 0 Å². The second-order valence-electron chi connectivity index (χ2n) is 5.07. The van der Waals surface area contributed by atoms with Crippen molar-refractivity contribution in [3.8, 4) is 0 Å². The standard InChI is InChI=1S/C13H21N3O/c1-9-11(13(14)17)8-12(16(9)3)10-4-6-15(2)7-5-10/h8,10H,4-7H2,1-3H3,(H2,14,17). The zero-order valence-electron chi connectivity index (χ0n) is 10.9. The first-order valence-corrected chi connectivity index (χ1v) is 6.15. The maximum Gasteiger partial charge on any atom is 0.250 e. The molecule has 1 fully saturated rings. The molecular formula is C13H21N3O. The fourth-order valence-corrected chi connectivity index (χ4v) is 2.67. The van der Waals surface area contributed by atoms with Gasteiger partial charge in [0, 0.05) is 24.4 Å². The molecule has 1 aromatic rings. The lowest BCUT2D eigenvalue weighted by atomic mass is 9.93. The number of amides is 1. The summed E-state index contributed by atoms with van der Waals surface area (Å²) in [6.45, 7) is 4.21. The normalized spacial score (nSPS) is 18.5. The fraction of sp³-hybridized carbons (Fsp3) is 0.615. The third kappa shape index (κ3) is 2.22. The number of nitrogens with zero attached hydrogens (tertiary/aromatic N) is 2. The molecule has 2 heterocycles. The van der Waals surface area contributed by atoms with Crippen LogP contribution in [-0.2, 0) is 7.05 Å². The van der Waals surface area contributed by atoms with Gasteiger partial charge in [0.2, 0.25) is 0 Å². The molecule has 0 atom stereocenters. The molecule has 0 spiro atoms. The number of carbonyl (C=O) groups is 1. The Bertz CT molecular complexity index is 428. The molecule has 2 N–H and O–H groups in total. The Morgan fingerprint density at radius 1 is 1.35 bits per heavy atom. The highest BCUT2D eigenvalue weighted by Crippen LogP contribution is 2.30. The Balaban J connectivity index is 2.27. The molecule has 0 saturated carbocycles. The van der Waals surface area contributed by atoms with Gasteiger partial charge in [0.25, 0.3) is 5.91 Å². The number of aromatic nitrogens is 1. The van der Waals surface area contributed by atoms with Crippen molar-refractivity contribution in [2.75, 3.05) is 20.1 Å². The van der Waals surface area contributed by atoms with E-state index in [2.05, 4.69) is 16.5 Å². The van der Waals surface area contributed by atoms with Crippen molar-refractivity contribution in [3.05, 3.63) is 23.0 Å². The van der Waals surface area contributed by atoms with Crippen LogP contribution in [0.2, 0.25) is 0 Å². The van der Waals surface area contributed by atoms with Crippen molar-refractivity contribution in [2.24, 2.45) is 12.8 Å². The topological polar surface area (TPSA) is 51.3 Å². The Morgan fingerprint density at radius 2 is 1.94 bits per heavy atom. The molecular weight excluding hydrogens is 214 g/mol. The number of piperidine rings is 1. The van der Waals surface area contributed by atoms with Crippen LogP contribution in [0.3, 0.4) is 0 Å². The maximum absolute atomic E-state index is 11.3. The number of nitrogens with two attached hydrogens (primary N) is 1. The largest absolute Gasteiger partial charge is 0.366 e. The van der Waals surface area contributed by atoms with Gasteiger partial charge in [-0.1, -0.05) is 0 Å². The summed E-state index contributed by atoms with van der Waals surface area (Å²) in [6.07, 6.45) is 2.32. The molecule has 2 rings (SSSR count). The van der Waals surface area contributed by atoms with E-state index in [1.54, 1.807) is 0 Å². The highest BCUT2D eigenvalue weighted by Gasteiger charge is 2.23. The van der Waals surface area contributed by atoms with Gasteiger partial charge in [0.05, 0.1) is 5.56 Å². The van der Waals surface area contributed by atoms with Crippen LogP contribution in [0.15, 0.2) is 6.07 Å². The highest BCUT2D eigenvalue weighted by molar-refractivity contribution is 5.94. The van der Waals surface area contributed by atoms with Crippen molar-refractivity contribution < 1.29 is 4.79 Å². The lowest BCUT2D eigenvalue weighted by molar-refractivity contribution is 0.0999. The van der Waals surface area contributed by atoms with Gasteiger partial charge in [-0.15, -0.1) is 0 Å². The summed E-state index contributed by atoms with van der Waals surface area (Å²) >= 11 is 0. The van der Waals surface area contributed by atoms with Crippen LogP contribution >= 0.6 is 0 Å². The van der Waals surface area contributed by atoms with Crippen LogP contribution in [0.4, 0.5) is 0 Å². The van der Waals surface area contributed by atoms with Gasteiger partial charge < -0.3 is 15.2 Å². The monoisotopic (exact) mass is 235 g/mol. The van der Waals surface area contributed by atoms with Crippen LogP contribution in [-0.4, -0.2) is 35.5 Å². The summed E-state index contributed by atoms with van der Waals surface area (Å²) in [7, 11) is 4.18. The van der Waals surface area contributed by atoms with Crippen LogP contribution in [0, 0.1) is 6.92 Å². The molecule has 0 radical (unpaired) electrons. The minimum Gasteiger partial charge on any atom is -0.366 e. The molecule has 0 aliphatic carbocycles. The predicted octanol–water partition coefficient (Wildman–Crippen LogP) is 1.24. The van der Waals surface area contributed by atoms with Crippen LogP contribution in [0.1, 0.15) is 40.5 Å². The van der Waals surface area contributed by atoms with E-state index in [1.807, 2.05) is 20.0 Å². The van der Waals surface area contributed by atoms with Crippen molar-refractivity contribution in [3.63, 3.8) is 0 Å². The number of likely N-dealkylation sites (tertiary alicyclic amines) is 1. The van der Waals surface area contributed by atoms with E-state index in [4.69, 9.17) is 5.73 Å². The summed E-state index contributed by atoms with van der Waals surface area (Å²) in [6, 6.07) is 1.98. The molecule has 17 heavy (non-hydrogen) atoms. The lowest BCUT2D eigenvalue weighted by Gasteiger charge is -2.29. The van der Waals surface area contributed by atoms with E-state index in [0.717, 1.165) is 31.6 Å². The fourth-order valence-electron chi connectivity index (χ4n) is 2.67. The molecule has 1 amide bonds. The van der Waals surface area contributed by atoms with E-state index in [0.29, 0.717) is 11.5 Å². The molecule has 1 aliphatic heterocycles. The van der Waals surface area contributed by atoms with Crippen molar-refractivity contribution in [2.45, 2.75) is 25.7 Å². The second-order valence-corrected chi connectivity index (χ2v) is 5.07. The molecule has 0 aromatic carbocycles. The average molecular weight is 235 g/mol. The average Bonchev–Trinajstić information content (AvgIpc) is 2.58. The van der Waals surface area contributed by atoms with E-state index in [-0.39, 0.29) is 5.91 Å². The SMILES string of the molecule is Cc1c(C(N)=O)cc(C2CCN(C)CC2)n1C. The molecule has 0 bridgehead atoms. The predicted molar refractivity (Wildman–Crippen MR) is 68.1 cm³/mol. The lowest BCUT2D eigenvalue weighted by Crippen LogP contribution is -2.29. The second kappa shape index (κ2) is 4.53. The van der Waals surface area contributed by atoms with E-state index in [1.165, 1.54) is 5.69 Å². The molecule has 1 saturated heterocycles. The first-order chi connectivity index (χ1) is 8.00. The number of primary amides is 1. The Morgan fingerprint density at radius 3 is 2.41 bits per heavy atom. The van der Waals surface area contributed by atoms with E-state index in [9.17, 15) is 4.79 Å². The first-order valence-electron chi connectivity index (χ1n) is 6.15. The maximum atomic E-state index is 11.3. The number of hydrogen-bond acceptors (Lipinski definition) is 2. The highest BCUT2D eigenvalue weighted by atomic mass is 16.1. The molecule has 4 heteroatoms. The van der Waals surface area contributed by atoms with Crippen LogP contribution in [0.25, 0.3) is 0 Å². The van der Waals surface area contributed by atoms with Gasteiger partial charge >= 0.3 is 0 Å². The van der Waals surface area contributed by atoms with Crippen LogP contribution < -0.4 is 5.73 Å². The Kier molecular flexibility index (Phi) is 3.24. The first kappa shape index (κ1) is 12.2. The quantitative estimate of drug-likeness (QED) is 0.838. The minimum atomic E-state index is -0.322. The number of rotatable bonds is 2. The minimum absolute atomic E-state index is 0.322. The summed E-state index contributed by atoms with van der Waals surface area (Å²) < 4.78 is 2.12. The van der Waals surface area contributed by atoms with Crippen LogP contribution in [0.5, 0.6) is 0 Å². The molecule has 94 valence electrons. The molecule has 4 nitrogen and oxygen atoms in total. The summed E-state index contributed by atoms with van der Waals surface area (Å²) in [5.41, 5.74) is 8.29. The smallest absolute Gasteiger partial charge is 0.250 e. The Hall–Kier alpha value is -1.29. The number of hydrogen-bond donors (Lipinski definition) is 1. The third-order valence-electron chi connectivity index (χ3n) is 3.97.